The predicted molar refractivity (Wildman–Crippen MR) is 76.9 cm³/mol. The van der Waals surface area contributed by atoms with Crippen molar-refractivity contribution in [3.8, 4) is 0 Å². The molecule has 17 heavy (non-hydrogen) atoms. The molecule has 1 aliphatic rings. The molecular weight excluding hydrogens is 232 g/mol. The largest absolute Gasteiger partial charge is 0.383 e. The van der Waals surface area contributed by atoms with Gasteiger partial charge in [-0.25, -0.2) is 0 Å². The van der Waals surface area contributed by atoms with Gasteiger partial charge in [0, 0.05) is 32.0 Å². The van der Waals surface area contributed by atoms with Gasteiger partial charge in [-0.1, -0.05) is 13.8 Å². The molecule has 1 unspecified atom stereocenters. The van der Waals surface area contributed by atoms with Crippen molar-refractivity contribution in [3.63, 3.8) is 0 Å². The van der Waals surface area contributed by atoms with E-state index < -0.39 is 0 Å². The Morgan fingerprint density at radius 2 is 2.06 bits per heavy atom. The Morgan fingerprint density at radius 1 is 1.24 bits per heavy atom. The van der Waals surface area contributed by atoms with E-state index >= 15 is 0 Å². The van der Waals surface area contributed by atoms with Gasteiger partial charge in [0.05, 0.1) is 6.61 Å². The topological polar surface area (TPSA) is 24.5 Å². The first-order chi connectivity index (χ1) is 8.24. The molecule has 0 amide bonds. The normalized spacial score (nSPS) is 20.5. The summed E-state index contributed by atoms with van der Waals surface area (Å²) in [6.07, 6.45) is 1.31. The molecule has 1 fully saturated rings. The number of thioether (sulfide) groups is 1. The first-order valence-electron chi connectivity index (χ1n) is 6.75. The Hall–Kier alpha value is 0.230. The van der Waals surface area contributed by atoms with Gasteiger partial charge in [-0.15, -0.1) is 0 Å². The van der Waals surface area contributed by atoms with Crippen LogP contribution < -0.4 is 5.32 Å². The summed E-state index contributed by atoms with van der Waals surface area (Å²) in [4.78, 5) is 2.59. The van der Waals surface area contributed by atoms with Gasteiger partial charge in [0.1, 0.15) is 0 Å². The minimum atomic E-state index is 0.539. The minimum Gasteiger partial charge on any atom is -0.383 e. The van der Waals surface area contributed by atoms with Crippen LogP contribution in [0.25, 0.3) is 0 Å². The van der Waals surface area contributed by atoms with E-state index in [1.807, 2.05) is 7.11 Å². The van der Waals surface area contributed by atoms with Crippen LogP contribution in [-0.2, 0) is 4.74 Å². The van der Waals surface area contributed by atoms with Gasteiger partial charge in [0.2, 0.25) is 0 Å². The van der Waals surface area contributed by atoms with Gasteiger partial charge in [-0.2, -0.15) is 11.8 Å². The van der Waals surface area contributed by atoms with E-state index in [1.54, 1.807) is 0 Å². The molecule has 0 aromatic rings. The highest BCUT2D eigenvalue weighted by atomic mass is 32.2. The molecule has 1 heterocycles. The summed E-state index contributed by atoms with van der Waals surface area (Å²) in [6, 6.07) is 0.539. The minimum absolute atomic E-state index is 0.539. The van der Waals surface area contributed by atoms with E-state index in [4.69, 9.17) is 4.74 Å². The maximum absolute atomic E-state index is 5.37. The highest BCUT2D eigenvalue weighted by Gasteiger charge is 2.19. The van der Waals surface area contributed by atoms with Crippen LogP contribution in [0.5, 0.6) is 0 Å². The van der Waals surface area contributed by atoms with Crippen molar-refractivity contribution in [2.24, 2.45) is 5.92 Å². The average Bonchev–Trinajstić information content (AvgIpc) is 2.56. The summed E-state index contributed by atoms with van der Waals surface area (Å²) in [5, 5.41) is 3.56. The SMILES string of the molecule is COCC(CNCC(C)C)N1CCCSCC1. The zero-order valence-corrected chi connectivity index (χ0v) is 12.4. The third-order valence-electron chi connectivity index (χ3n) is 3.06. The second-order valence-corrected chi connectivity index (χ2v) is 6.39. The van der Waals surface area contributed by atoms with E-state index in [1.165, 1.54) is 31.0 Å². The number of methoxy groups -OCH3 is 1. The Bertz CT molecular complexity index is 182. The van der Waals surface area contributed by atoms with Crippen LogP contribution in [0.2, 0.25) is 0 Å². The van der Waals surface area contributed by atoms with Gasteiger partial charge < -0.3 is 10.1 Å². The lowest BCUT2D eigenvalue weighted by Gasteiger charge is -2.30. The van der Waals surface area contributed by atoms with Crippen LogP contribution in [0.15, 0.2) is 0 Å². The van der Waals surface area contributed by atoms with Gasteiger partial charge in [-0.3, -0.25) is 4.90 Å². The van der Waals surface area contributed by atoms with E-state index in [0.717, 1.165) is 25.6 Å². The third kappa shape index (κ3) is 6.65. The quantitative estimate of drug-likeness (QED) is 0.753. The molecule has 1 rings (SSSR count). The molecule has 0 saturated carbocycles. The molecule has 3 nitrogen and oxygen atoms in total. The molecule has 102 valence electrons. The Kier molecular flexibility index (Phi) is 8.27. The summed E-state index contributed by atoms with van der Waals surface area (Å²) in [6.45, 7) is 9.93. The summed E-state index contributed by atoms with van der Waals surface area (Å²) in [5.41, 5.74) is 0. The molecule has 0 radical (unpaired) electrons. The smallest absolute Gasteiger partial charge is 0.0630 e. The average molecular weight is 260 g/mol. The molecule has 0 spiro atoms. The van der Waals surface area contributed by atoms with Gasteiger partial charge >= 0.3 is 0 Å². The lowest BCUT2D eigenvalue weighted by Crippen LogP contribution is -2.46. The Balaban J connectivity index is 2.33. The zero-order chi connectivity index (χ0) is 12.5. The fraction of sp³-hybridized carbons (Fsp3) is 1.00. The number of ether oxygens (including phenoxy) is 1. The number of nitrogens with zero attached hydrogens (tertiary/aromatic N) is 1. The van der Waals surface area contributed by atoms with Crippen molar-refractivity contribution in [1.82, 2.24) is 10.2 Å². The van der Waals surface area contributed by atoms with Crippen LogP contribution in [0, 0.1) is 5.92 Å². The van der Waals surface area contributed by atoms with Gasteiger partial charge in [0.25, 0.3) is 0 Å². The maximum atomic E-state index is 5.37. The van der Waals surface area contributed by atoms with Crippen LogP contribution in [0.1, 0.15) is 20.3 Å². The van der Waals surface area contributed by atoms with Crippen LogP contribution >= 0.6 is 11.8 Å². The third-order valence-corrected chi connectivity index (χ3v) is 4.11. The molecule has 0 aromatic carbocycles. The zero-order valence-electron chi connectivity index (χ0n) is 11.6. The number of hydrogen-bond donors (Lipinski definition) is 1. The molecule has 1 N–H and O–H groups in total. The highest BCUT2D eigenvalue weighted by molar-refractivity contribution is 7.99. The summed E-state index contributed by atoms with van der Waals surface area (Å²) >= 11 is 2.08. The molecule has 0 aliphatic carbocycles. The first-order valence-corrected chi connectivity index (χ1v) is 7.91. The fourth-order valence-electron chi connectivity index (χ4n) is 2.15. The fourth-order valence-corrected chi connectivity index (χ4v) is 3.06. The predicted octanol–water partition coefficient (Wildman–Crippen LogP) is 1.69. The van der Waals surface area contributed by atoms with Crippen molar-refractivity contribution in [3.05, 3.63) is 0 Å². The van der Waals surface area contributed by atoms with Crippen molar-refractivity contribution < 1.29 is 4.74 Å². The molecule has 1 atom stereocenters. The van der Waals surface area contributed by atoms with Crippen LogP contribution in [0.4, 0.5) is 0 Å². The number of nitrogens with one attached hydrogen (secondary N) is 1. The molecule has 0 bridgehead atoms. The lowest BCUT2D eigenvalue weighted by atomic mass is 10.2. The second kappa shape index (κ2) is 9.20. The monoisotopic (exact) mass is 260 g/mol. The van der Waals surface area contributed by atoms with Crippen LogP contribution in [0.3, 0.4) is 0 Å². The second-order valence-electron chi connectivity index (χ2n) is 5.16. The van der Waals surface area contributed by atoms with E-state index in [0.29, 0.717) is 6.04 Å². The van der Waals surface area contributed by atoms with E-state index in [2.05, 4.69) is 35.8 Å². The van der Waals surface area contributed by atoms with Crippen molar-refractivity contribution in [1.29, 1.82) is 0 Å². The summed E-state index contributed by atoms with van der Waals surface area (Å²) < 4.78 is 5.37. The number of rotatable bonds is 7. The van der Waals surface area contributed by atoms with Gasteiger partial charge in [0.15, 0.2) is 0 Å². The summed E-state index contributed by atoms with van der Waals surface area (Å²) in [5.74, 6) is 3.30. The molecule has 1 aliphatic heterocycles. The van der Waals surface area contributed by atoms with Crippen molar-refractivity contribution in [2.75, 3.05) is 51.4 Å². The van der Waals surface area contributed by atoms with Crippen LogP contribution in [-0.4, -0.2) is 62.3 Å². The first kappa shape index (κ1) is 15.3. The van der Waals surface area contributed by atoms with Crippen molar-refractivity contribution in [2.45, 2.75) is 26.3 Å². The van der Waals surface area contributed by atoms with Crippen molar-refractivity contribution >= 4 is 11.8 Å². The Morgan fingerprint density at radius 3 is 2.76 bits per heavy atom. The molecule has 0 aromatic heterocycles. The highest BCUT2D eigenvalue weighted by Crippen LogP contribution is 2.12. The van der Waals surface area contributed by atoms with E-state index in [9.17, 15) is 0 Å². The maximum Gasteiger partial charge on any atom is 0.0630 e. The number of hydrogen-bond acceptors (Lipinski definition) is 4. The van der Waals surface area contributed by atoms with Gasteiger partial charge in [-0.05, 0) is 31.2 Å². The Labute approximate surface area is 111 Å². The molecular formula is C13H28N2OS. The summed E-state index contributed by atoms with van der Waals surface area (Å²) in [7, 11) is 1.81. The lowest BCUT2D eigenvalue weighted by molar-refractivity contribution is 0.0936. The van der Waals surface area contributed by atoms with E-state index in [-0.39, 0.29) is 0 Å². The standard InChI is InChI=1S/C13H28N2OS/c1-12(2)9-14-10-13(11-16-3)15-5-4-7-17-8-6-15/h12-14H,4-11H2,1-3H3. The molecule has 4 heteroatoms. The molecule has 1 saturated heterocycles.